The second-order valence-electron chi connectivity index (χ2n) is 5.11. The Morgan fingerprint density at radius 3 is 2.73 bits per heavy atom. The Bertz CT molecular complexity index is 238. The van der Waals surface area contributed by atoms with E-state index in [1.165, 1.54) is 12.8 Å². The van der Waals surface area contributed by atoms with Crippen molar-refractivity contribution in [1.29, 1.82) is 0 Å². The second-order valence-corrected chi connectivity index (χ2v) is 5.11. The van der Waals surface area contributed by atoms with Crippen molar-refractivity contribution in [2.24, 2.45) is 11.8 Å². The standard InChI is InChI=1S/C12H22N2O/c1-3-13-11(10-4-5-10)8-14-7-9(2)6-12(14)15/h9-11,13H,3-8H2,1-2H3. The highest BCUT2D eigenvalue weighted by Gasteiger charge is 2.35. The Morgan fingerprint density at radius 1 is 1.53 bits per heavy atom. The van der Waals surface area contributed by atoms with Crippen LogP contribution in [0.4, 0.5) is 0 Å². The minimum Gasteiger partial charge on any atom is -0.341 e. The van der Waals surface area contributed by atoms with Crippen molar-refractivity contribution in [2.45, 2.75) is 39.2 Å². The molecule has 1 N–H and O–H groups in total. The first kappa shape index (κ1) is 10.9. The zero-order chi connectivity index (χ0) is 10.8. The first-order valence-corrected chi connectivity index (χ1v) is 6.22. The molecule has 2 aliphatic rings. The van der Waals surface area contributed by atoms with Crippen LogP contribution in [0, 0.1) is 11.8 Å². The maximum absolute atomic E-state index is 11.7. The van der Waals surface area contributed by atoms with Gasteiger partial charge in [0.15, 0.2) is 0 Å². The van der Waals surface area contributed by atoms with Gasteiger partial charge in [-0.3, -0.25) is 4.79 Å². The molecular weight excluding hydrogens is 188 g/mol. The van der Waals surface area contributed by atoms with E-state index in [4.69, 9.17) is 0 Å². The number of nitrogens with one attached hydrogen (secondary N) is 1. The molecule has 1 amide bonds. The minimum absolute atomic E-state index is 0.353. The van der Waals surface area contributed by atoms with Gasteiger partial charge in [-0.15, -0.1) is 0 Å². The average molecular weight is 210 g/mol. The lowest BCUT2D eigenvalue weighted by molar-refractivity contribution is -0.128. The highest BCUT2D eigenvalue weighted by atomic mass is 16.2. The molecule has 2 fully saturated rings. The molecule has 0 spiro atoms. The molecule has 1 saturated heterocycles. The van der Waals surface area contributed by atoms with E-state index in [-0.39, 0.29) is 0 Å². The molecule has 1 heterocycles. The van der Waals surface area contributed by atoms with Gasteiger partial charge in [-0.25, -0.2) is 0 Å². The van der Waals surface area contributed by atoms with Gasteiger partial charge in [0.1, 0.15) is 0 Å². The van der Waals surface area contributed by atoms with Gasteiger partial charge in [0.2, 0.25) is 5.91 Å². The number of nitrogens with zero attached hydrogens (tertiary/aromatic N) is 1. The highest BCUT2D eigenvalue weighted by Crippen LogP contribution is 2.33. The third-order valence-electron chi connectivity index (χ3n) is 3.48. The van der Waals surface area contributed by atoms with E-state index in [0.29, 0.717) is 17.9 Å². The first-order valence-electron chi connectivity index (χ1n) is 6.22. The van der Waals surface area contributed by atoms with Crippen molar-refractivity contribution in [2.75, 3.05) is 19.6 Å². The van der Waals surface area contributed by atoms with Crippen molar-refractivity contribution in [1.82, 2.24) is 10.2 Å². The number of carbonyl (C=O) groups is 1. The molecule has 0 aromatic carbocycles. The van der Waals surface area contributed by atoms with E-state index < -0.39 is 0 Å². The summed E-state index contributed by atoms with van der Waals surface area (Å²) in [4.78, 5) is 13.7. The zero-order valence-corrected chi connectivity index (χ0v) is 9.83. The lowest BCUT2D eigenvalue weighted by atomic mass is 10.1. The van der Waals surface area contributed by atoms with Gasteiger partial charge in [0, 0.05) is 25.6 Å². The van der Waals surface area contributed by atoms with E-state index in [1.54, 1.807) is 0 Å². The van der Waals surface area contributed by atoms with Gasteiger partial charge in [-0.2, -0.15) is 0 Å². The lowest BCUT2D eigenvalue weighted by Gasteiger charge is -2.24. The molecule has 3 heteroatoms. The number of likely N-dealkylation sites (tertiary alicyclic amines) is 1. The van der Waals surface area contributed by atoms with E-state index in [1.807, 2.05) is 0 Å². The third-order valence-corrected chi connectivity index (χ3v) is 3.48. The van der Waals surface area contributed by atoms with E-state index >= 15 is 0 Å². The summed E-state index contributed by atoms with van der Waals surface area (Å²) in [6, 6.07) is 0.546. The lowest BCUT2D eigenvalue weighted by Crippen LogP contribution is -2.43. The Morgan fingerprint density at radius 2 is 2.27 bits per heavy atom. The monoisotopic (exact) mass is 210 g/mol. The summed E-state index contributed by atoms with van der Waals surface area (Å²) in [5, 5.41) is 3.51. The summed E-state index contributed by atoms with van der Waals surface area (Å²) in [5.41, 5.74) is 0. The van der Waals surface area contributed by atoms with Crippen LogP contribution in [-0.4, -0.2) is 36.5 Å². The number of hydrogen-bond donors (Lipinski definition) is 1. The molecule has 1 saturated carbocycles. The fourth-order valence-electron chi connectivity index (χ4n) is 2.52. The summed E-state index contributed by atoms with van der Waals surface area (Å²) in [6.07, 6.45) is 3.44. The summed E-state index contributed by atoms with van der Waals surface area (Å²) >= 11 is 0. The van der Waals surface area contributed by atoms with Crippen LogP contribution < -0.4 is 5.32 Å². The predicted octanol–water partition coefficient (Wildman–Crippen LogP) is 1.24. The van der Waals surface area contributed by atoms with Crippen LogP contribution in [0.1, 0.15) is 33.1 Å². The highest BCUT2D eigenvalue weighted by molar-refractivity contribution is 5.78. The molecule has 2 atom stereocenters. The summed E-state index contributed by atoms with van der Waals surface area (Å²) in [7, 11) is 0. The Balaban J connectivity index is 1.85. The van der Waals surface area contributed by atoms with Crippen LogP contribution in [0.3, 0.4) is 0 Å². The Hall–Kier alpha value is -0.570. The Labute approximate surface area is 92.2 Å². The predicted molar refractivity (Wildman–Crippen MR) is 60.5 cm³/mol. The first-order chi connectivity index (χ1) is 7.20. The molecular formula is C12H22N2O. The quantitative estimate of drug-likeness (QED) is 0.740. The molecule has 86 valence electrons. The van der Waals surface area contributed by atoms with Gasteiger partial charge >= 0.3 is 0 Å². The van der Waals surface area contributed by atoms with Crippen molar-refractivity contribution >= 4 is 5.91 Å². The molecule has 1 aliphatic carbocycles. The maximum atomic E-state index is 11.7. The fourth-order valence-corrected chi connectivity index (χ4v) is 2.52. The van der Waals surface area contributed by atoms with Gasteiger partial charge in [0.05, 0.1) is 0 Å². The van der Waals surface area contributed by atoms with Gasteiger partial charge < -0.3 is 10.2 Å². The van der Waals surface area contributed by atoms with Crippen molar-refractivity contribution < 1.29 is 4.79 Å². The van der Waals surface area contributed by atoms with E-state index in [0.717, 1.165) is 32.0 Å². The number of carbonyl (C=O) groups excluding carboxylic acids is 1. The molecule has 2 unspecified atom stereocenters. The van der Waals surface area contributed by atoms with Crippen molar-refractivity contribution in [3.8, 4) is 0 Å². The molecule has 0 aromatic rings. The van der Waals surface area contributed by atoms with E-state index in [9.17, 15) is 4.79 Å². The van der Waals surface area contributed by atoms with Crippen LogP contribution in [0.5, 0.6) is 0 Å². The number of amides is 1. The largest absolute Gasteiger partial charge is 0.341 e. The maximum Gasteiger partial charge on any atom is 0.222 e. The third kappa shape index (κ3) is 2.71. The average Bonchev–Trinajstić information content (AvgIpc) is 2.94. The van der Waals surface area contributed by atoms with Crippen LogP contribution in [0.25, 0.3) is 0 Å². The smallest absolute Gasteiger partial charge is 0.222 e. The topological polar surface area (TPSA) is 32.3 Å². The second kappa shape index (κ2) is 4.52. The van der Waals surface area contributed by atoms with Crippen LogP contribution in [-0.2, 0) is 4.79 Å². The van der Waals surface area contributed by atoms with Crippen LogP contribution in [0.2, 0.25) is 0 Å². The van der Waals surface area contributed by atoms with Gasteiger partial charge in [-0.05, 0) is 31.2 Å². The minimum atomic E-state index is 0.353. The molecule has 0 bridgehead atoms. The molecule has 0 radical (unpaired) electrons. The van der Waals surface area contributed by atoms with Crippen molar-refractivity contribution in [3.05, 3.63) is 0 Å². The van der Waals surface area contributed by atoms with Gasteiger partial charge in [-0.1, -0.05) is 13.8 Å². The molecule has 2 rings (SSSR count). The van der Waals surface area contributed by atoms with E-state index in [2.05, 4.69) is 24.1 Å². The molecule has 3 nitrogen and oxygen atoms in total. The van der Waals surface area contributed by atoms with Crippen molar-refractivity contribution in [3.63, 3.8) is 0 Å². The fraction of sp³-hybridized carbons (Fsp3) is 0.917. The summed E-state index contributed by atoms with van der Waals surface area (Å²) < 4.78 is 0. The number of hydrogen-bond acceptors (Lipinski definition) is 2. The van der Waals surface area contributed by atoms with Crippen LogP contribution in [0.15, 0.2) is 0 Å². The number of rotatable bonds is 5. The normalized spacial score (nSPS) is 28.5. The zero-order valence-electron chi connectivity index (χ0n) is 9.83. The summed E-state index contributed by atoms with van der Waals surface area (Å²) in [6.45, 7) is 7.22. The van der Waals surface area contributed by atoms with Gasteiger partial charge in [0.25, 0.3) is 0 Å². The molecule has 0 aromatic heterocycles. The van der Waals surface area contributed by atoms with Crippen LogP contribution >= 0.6 is 0 Å². The number of likely N-dealkylation sites (N-methyl/N-ethyl adjacent to an activating group) is 1. The molecule has 15 heavy (non-hydrogen) atoms. The SMILES string of the molecule is CCNC(CN1CC(C)CC1=O)C1CC1. The molecule has 1 aliphatic heterocycles. The Kier molecular flexibility index (Phi) is 3.29. The summed E-state index contributed by atoms with van der Waals surface area (Å²) in [5.74, 6) is 1.73.